The Labute approximate surface area is 240 Å². The molecule has 0 spiro atoms. The number of alkyl halides is 3. The summed E-state index contributed by atoms with van der Waals surface area (Å²) >= 11 is 5.92. The lowest BCUT2D eigenvalue weighted by molar-refractivity contribution is -0.207. The fourth-order valence-corrected chi connectivity index (χ4v) is 4.27. The molecule has 0 saturated carbocycles. The van der Waals surface area contributed by atoms with Gasteiger partial charge in [0.15, 0.2) is 23.5 Å². The molecule has 1 atom stereocenters. The molecule has 3 aromatic heterocycles. The number of para-hydroxylation sites is 1. The number of pyridine rings is 1. The molecular formula is C27H21ClF3N7O4. The second kappa shape index (κ2) is 11.6. The van der Waals surface area contributed by atoms with Crippen LogP contribution in [0.3, 0.4) is 0 Å². The van der Waals surface area contributed by atoms with Crippen molar-refractivity contribution in [3.8, 4) is 22.8 Å². The number of hydrogen-bond donors (Lipinski definition) is 2. The van der Waals surface area contributed by atoms with E-state index in [1.807, 2.05) is 0 Å². The predicted molar refractivity (Wildman–Crippen MR) is 143 cm³/mol. The average Bonchev–Trinajstić information content (AvgIpc) is 3.54. The van der Waals surface area contributed by atoms with Gasteiger partial charge in [-0.2, -0.15) is 13.2 Å². The quantitative estimate of drug-likeness (QED) is 0.246. The SMILES string of the molecule is O=C(Cc1ncccc1-n1cnc(Cn2nc(-c3ccc(Cl)cc3)n(C[C@H](O)C(F)(F)F)c2=O)n1)c1ccccc1O. The van der Waals surface area contributed by atoms with Crippen molar-refractivity contribution in [2.75, 3.05) is 0 Å². The topological polar surface area (TPSA) is 141 Å². The lowest BCUT2D eigenvalue weighted by atomic mass is 10.0. The Hall–Kier alpha value is -4.82. The van der Waals surface area contributed by atoms with Crippen LogP contribution in [0, 0.1) is 0 Å². The van der Waals surface area contributed by atoms with E-state index in [9.17, 15) is 33.0 Å². The van der Waals surface area contributed by atoms with Crippen LogP contribution in [0.2, 0.25) is 5.02 Å². The second-order valence-corrected chi connectivity index (χ2v) is 9.57. The molecule has 0 amide bonds. The largest absolute Gasteiger partial charge is 0.507 e. The molecule has 0 aliphatic heterocycles. The van der Waals surface area contributed by atoms with E-state index in [-0.39, 0.29) is 41.7 Å². The number of aromatic nitrogens is 7. The first-order chi connectivity index (χ1) is 20.0. The highest BCUT2D eigenvalue weighted by Gasteiger charge is 2.39. The minimum absolute atomic E-state index is 0.0857. The highest BCUT2D eigenvalue weighted by Crippen LogP contribution is 2.24. The van der Waals surface area contributed by atoms with Gasteiger partial charge in [0.25, 0.3) is 0 Å². The number of aliphatic hydroxyl groups is 1. The Morgan fingerprint density at radius 1 is 1.00 bits per heavy atom. The molecule has 0 aliphatic carbocycles. The Morgan fingerprint density at radius 3 is 2.45 bits per heavy atom. The molecule has 216 valence electrons. The Kier molecular flexibility index (Phi) is 7.91. The summed E-state index contributed by atoms with van der Waals surface area (Å²) in [4.78, 5) is 34.4. The van der Waals surface area contributed by atoms with Gasteiger partial charge >= 0.3 is 11.9 Å². The van der Waals surface area contributed by atoms with E-state index in [1.54, 1.807) is 24.3 Å². The lowest BCUT2D eigenvalue weighted by Crippen LogP contribution is -2.37. The molecule has 0 saturated heterocycles. The number of benzene rings is 2. The molecule has 0 bridgehead atoms. The van der Waals surface area contributed by atoms with Crippen molar-refractivity contribution >= 4 is 17.4 Å². The van der Waals surface area contributed by atoms with Gasteiger partial charge in [-0.3, -0.25) is 14.3 Å². The minimum Gasteiger partial charge on any atom is -0.507 e. The van der Waals surface area contributed by atoms with Crippen LogP contribution in [0.25, 0.3) is 17.1 Å². The molecule has 2 aromatic carbocycles. The average molecular weight is 600 g/mol. The van der Waals surface area contributed by atoms with Crippen LogP contribution in [0.4, 0.5) is 13.2 Å². The lowest BCUT2D eigenvalue weighted by Gasteiger charge is -2.15. The first-order valence-electron chi connectivity index (χ1n) is 12.4. The zero-order valence-corrected chi connectivity index (χ0v) is 22.2. The van der Waals surface area contributed by atoms with E-state index in [1.165, 1.54) is 53.6 Å². The van der Waals surface area contributed by atoms with Crippen molar-refractivity contribution in [3.63, 3.8) is 0 Å². The van der Waals surface area contributed by atoms with E-state index in [4.69, 9.17) is 11.6 Å². The molecule has 5 rings (SSSR count). The maximum Gasteiger partial charge on any atom is 0.416 e. The summed E-state index contributed by atoms with van der Waals surface area (Å²) in [6.07, 6.45) is -5.09. The number of phenols is 1. The van der Waals surface area contributed by atoms with Gasteiger partial charge in [0, 0.05) is 16.8 Å². The summed E-state index contributed by atoms with van der Waals surface area (Å²) in [5, 5.41) is 28.6. The highest BCUT2D eigenvalue weighted by atomic mass is 35.5. The number of ketones is 1. The van der Waals surface area contributed by atoms with Crippen LogP contribution in [-0.2, 0) is 19.5 Å². The van der Waals surface area contributed by atoms with Crippen molar-refractivity contribution in [1.29, 1.82) is 0 Å². The van der Waals surface area contributed by atoms with E-state index >= 15 is 0 Å². The van der Waals surface area contributed by atoms with Gasteiger partial charge in [-0.05, 0) is 48.5 Å². The fraction of sp³-hybridized carbons (Fsp3) is 0.185. The summed E-state index contributed by atoms with van der Waals surface area (Å²) in [6.45, 7) is -1.39. The molecule has 5 aromatic rings. The summed E-state index contributed by atoms with van der Waals surface area (Å²) in [7, 11) is 0. The maximum absolute atomic E-state index is 13.1. The number of carbonyl (C=O) groups excluding carboxylic acids is 1. The van der Waals surface area contributed by atoms with Gasteiger partial charge in [0.05, 0.1) is 29.9 Å². The number of aromatic hydroxyl groups is 1. The zero-order valence-electron chi connectivity index (χ0n) is 21.5. The van der Waals surface area contributed by atoms with Crippen molar-refractivity contribution in [2.24, 2.45) is 0 Å². The van der Waals surface area contributed by atoms with Crippen LogP contribution in [0.5, 0.6) is 5.75 Å². The van der Waals surface area contributed by atoms with Crippen LogP contribution in [-0.4, -0.2) is 62.4 Å². The molecule has 0 radical (unpaired) electrons. The second-order valence-electron chi connectivity index (χ2n) is 9.13. The monoisotopic (exact) mass is 599 g/mol. The molecule has 3 heterocycles. The maximum atomic E-state index is 13.1. The molecule has 0 fully saturated rings. The highest BCUT2D eigenvalue weighted by molar-refractivity contribution is 6.30. The Bertz CT molecular complexity index is 1800. The number of hydrogen-bond acceptors (Lipinski definition) is 8. The molecular weight excluding hydrogens is 579 g/mol. The first kappa shape index (κ1) is 28.7. The van der Waals surface area contributed by atoms with Gasteiger partial charge in [0.1, 0.15) is 18.6 Å². The predicted octanol–water partition coefficient (Wildman–Crippen LogP) is 3.44. The number of nitrogens with zero attached hydrogens (tertiary/aromatic N) is 7. The van der Waals surface area contributed by atoms with Gasteiger partial charge in [-0.15, -0.1) is 10.2 Å². The summed E-state index contributed by atoms with van der Waals surface area (Å²) < 4.78 is 42.3. The van der Waals surface area contributed by atoms with Gasteiger partial charge in [-0.1, -0.05) is 23.7 Å². The number of aliphatic hydroxyl groups excluding tert-OH is 1. The van der Waals surface area contributed by atoms with Crippen molar-refractivity contribution in [1.82, 2.24) is 34.1 Å². The zero-order chi connectivity index (χ0) is 30.0. The van der Waals surface area contributed by atoms with E-state index in [0.29, 0.717) is 22.0 Å². The normalized spacial score (nSPS) is 12.4. The molecule has 2 N–H and O–H groups in total. The van der Waals surface area contributed by atoms with E-state index < -0.39 is 24.5 Å². The van der Waals surface area contributed by atoms with E-state index in [0.717, 1.165) is 9.25 Å². The standard InChI is InChI=1S/C27H21ClF3N7O4/c28-17-9-7-16(8-10-17)25-35-37(26(42)36(25)13-23(41)27(29,30)31)14-24-33-15-38(34-24)20-5-3-11-32-19(20)12-22(40)18-4-1-2-6-21(18)39/h1-11,15,23,39,41H,12-14H2/t23-/m0/s1. The first-order valence-corrected chi connectivity index (χ1v) is 12.7. The summed E-state index contributed by atoms with van der Waals surface area (Å²) in [5.41, 5.74) is 0.269. The molecule has 11 nitrogen and oxygen atoms in total. The van der Waals surface area contributed by atoms with Crippen LogP contribution in [0.15, 0.2) is 78.0 Å². The van der Waals surface area contributed by atoms with Gasteiger partial charge < -0.3 is 10.2 Å². The fourth-order valence-electron chi connectivity index (χ4n) is 4.15. The molecule has 15 heteroatoms. The Morgan fingerprint density at radius 2 is 1.74 bits per heavy atom. The third-order valence-corrected chi connectivity index (χ3v) is 6.49. The van der Waals surface area contributed by atoms with Crippen molar-refractivity contribution in [3.05, 3.63) is 106 Å². The molecule has 0 unspecified atom stereocenters. The molecule has 0 aliphatic rings. The number of phenolic OH excluding ortho intramolecular Hbond substituents is 1. The van der Waals surface area contributed by atoms with Gasteiger partial charge in [-0.25, -0.2) is 19.1 Å². The summed E-state index contributed by atoms with van der Waals surface area (Å²) in [6, 6.07) is 15.3. The van der Waals surface area contributed by atoms with Crippen LogP contribution < -0.4 is 5.69 Å². The van der Waals surface area contributed by atoms with Crippen molar-refractivity contribution < 1.29 is 28.2 Å². The number of carbonyl (C=O) groups is 1. The smallest absolute Gasteiger partial charge is 0.416 e. The third-order valence-electron chi connectivity index (χ3n) is 6.23. The van der Waals surface area contributed by atoms with Gasteiger partial charge in [0.2, 0.25) is 0 Å². The minimum atomic E-state index is -4.96. The van der Waals surface area contributed by atoms with Crippen LogP contribution >= 0.6 is 11.6 Å². The van der Waals surface area contributed by atoms with Crippen molar-refractivity contribution in [2.45, 2.75) is 31.8 Å². The number of Topliss-reactive ketones (excluding diaryl/α,β-unsaturated/α-hetero) is 1. The summed E-state index contributed by atoms with van der Waals surface area (Å²) in [5.74, 6) is -0.561. The van der Waals surface area contributed by atoms with E-state index in [2.05, 4.69) is 20.2 Å². The van der Waals surface area contributed by atoms with Crippen LogP contribution in [0.1, 0.15) is 21.9 Å². The number of halogens is 4. The Balaban J connectivity index is 1.44. The number of rotatable bonds is 9. The molecule has 42 heavy (non-hydrogen) atoms. The third kappa shape index (κ3) is 6.09.